The minimum atomic E-state index is -0.920. The summed E-state index contributed by atoms with van der Waals surface area (Å²) >= 11 is 0. The van der Waals surface area contributed by atoms with E-state index in [2.05, 4.69) is 40.1 Å². The molecule has 0 bridgehead atoms. The predicted molar refractivity (Wildman–Crippen MR) is 88.1 cm³/mol. The fraction of sp³-hybridized carbons (Fsp3) is 0.529. The average molecular weight is 318 g/mol. The zero-order valence-corrected chi connectivity index (χ0v) is 13.6. The lowest BCUT2D eigenvalue weighted by molar-refractivity contribution is -0.122. The number of rotatable bonds is 5. The highest BCUT2D eigenvalue weighted by Gasteiger charge is 2.28. The normalized spacial score (nSPS) is 21.2. The van der Waals surface area contributed by atoms with Gasteiger partial charge in [0.15, 0.2) is 0 Å². The summed E-state index contributed by atoms with van der Waals surface area (Å²) in [5, 5.41) is 5.78. The fourth-order valence-corrected chi connectivity index (χ4v) is 3.16. The molecule has 124 valence electrons. The summed E-state index contributed by atoms with van der Waals surface area (Å²) in [6, 6.07) is 7.94. The van der Waals surface area contributed by atoms with Gasteiger partial charge in [0.1, 0.15) is 12.0 Å². The Kier molecular flexibility index (Phi) is 4.61. The lowest BCUT2D eigenvalue weighted by atomic mass is 10.2. The first-order valence-electron chi connectivity index (χ1n) is 8.17. The summed E-state index contributed by atoms with van der Waals surface area (Å²) in [7, 11) is 0. The van der Waals surface area contributed by atoms with Gasteiger partial charge >= 0.3 is 0 Å². The van der Waals surface area contributed by atoms with E-state index in [1.54, 1.807) is 0 Å². The Morgan fingerprint density at radius 3 is 2.96 bits per heavy atom. The highest BCUT2D eigenvalue weighted by molar-refractivity contribution is 5.82. The van der Waals surface area contributed by atoms with Gasteiger partial charge in [-0.1, -0.05) is 12.1 Å². The Balaban J connectivity index is 1.65. The third kappa shape index (κ3) is 3.37. The van der Waals surface area contributed by atoms with Crippen molar-refractivity contribution in [3.63, 3.8) is 0 Å². The van der Waals surface area contributed by atoms with Crippen LogP contribution >= 0.6 is 0 Å². The number of halogens is 1. The second-order valence-electron chi connectivity index (χ2n) is 6.32. The molecule has 2 atom stereocenters. The summed E-state index contributed by atoms with van der Waals surface area (Å²) in [5.41, 5.74) is 2.09. The molecule has 0 radical (unpaired) electrons. The number of amides is 1. The van der Waals surface area contributed by atoms with Gasteiger partial charge in [-0.05, 0) is 26.0 Å². The Hall–Kier alpha value is -1.95. The van der Waals surface area contributed by atoms with E-state index in [0.29, 0.717) is 19.0 Å². The molecule has 1 fully saturated rings. The third-order valence-electron chi connectivity index (χ3n) is 4.23. The number of alkyl halides is 1. The van der Waals surface area contributed by atoms with Crippen LogP contribution in [-0.2, 0) is 11.2 Å². The lowest BCUT2D eigenvalue weighted by Crippen LogP contribution is -2.41. The van der Waals surface area contributed by atoms with Crippen LogP contribution in [0.5, 0.6) is 0 Å². The van der Waals surface area contributed by atoms with Crippen molar-refractivity contribution in [1.82, 2.24) is 20.2 Å². The topological polar surface area (TPSA) is 59.0 Å². The zero-order chi connectivity index (χ0) is 16.4. The van der Waals surface area contributed by atoms with E-state index in [9.17, 15) is 9.18 Å². The number of nitrogens with one attached hydrogen (secondary N) is 2. The van der Waals surface area contributed by atoms with Crippen molar-refractivity contribution in [3.05, 3.63) is 30.1 Å². The average Bonchev–Trinajstić information content (AvgIpc) is 3.10. The Morgan fingerprint density at radius 2 is 2.26 bits per heavy atom. The fourth-order valence-electron chi connectivity index (χ4n) is 3.16. The zero-order valence-electron chi connectivity index (χ0n) is 13.6. The molecule has 1 aliphatic heterocycles. The molecule has 2 aromatic rings. The molecule has 6 heteroatoms. The summed E-state index contributed by atoms with van der Waals surface area (Å²) in [6.45, 7) is 5.02. The minimum absolute atomic E-state index is 0.127. The SMILES string of the molecule is CC(C)n1c(CCNC(=O)[C@H]2C[C@H](F)CN2)nc2ccccc21. The number of hydrogen-bond donors (Lipinski definition) is 2. The van der Waals surface area contributed by atoms with Crippen molar-refractivity contribution in [2.75, 3.05) is 13.1 Å². The van der Waals surface area contributed by atoms with Crippen LogP contribution in [0.25, 0.3) is 11.0 Å². The van der Waals surface area contributed by atoms with Crippen molar-refractivity contribution in [3.8, 4) is 0 Å². The van der Waals surface area contributed by atoms with Gasteiger partial charge in [0.2, 0.25) is 5.91 Å². The van der Waals surface area contributed by atoms with Crippen molar-refractivity contribution in [2.24, 2.45) is 0 Å². The number of nitrogens with zero attached hydrogens (tertiary/aromatic N) is 2. The summed E-state index contributed by atoms with van der Waals surface area (Å²) < 4.78 is 15.3. The summed E-state index contributed by atoms with van der Waals surface area (Å²) in [6.07, 6.45) is -0.00310. The maximum Gasteiger partial charge on any atom is 0.237 e. The van der Waals surface area contributed by atoms with Gasteiger partial charge in [0, 0.05) is 32.0 Å². The molecule has 2 heterocycles. The number of para-hydroxylation sites is 2. The van der Waals surface area contributed by atoms with E-state index in [4.69, 9.17) is 0 Å². The van der Waals surface area contributed by atoms with Gasteiger partial charge in [-0.15, -0.1) is 0 Å². The quantitative estimate of drug-likeness (QED) is 0.886. The first kappa shape index (κ1) is 15.9. The molecule has 0 spiro atoms. The smallest absolute Gasteiger partial charge is 0.237 e. The first-order chi connectivity index (χ1) is 11.1. The van der Waals surface area contributed by atoms with Gasteiger partial charge in [0.05, 0.1) is 17.1 Å². The summed E-state index contributed by atoms with van der Waals surface area (Å²) in [4.78, 5) is 16.7. The van der Waals surface area contributed by atoms with Crippen LogP contribution < -0.4 is 10.6 Å². The van der Waals surface area contributed by atoms with Crippen LogP contribution in [0.4, 0.5) is 4.39 Å². The van der Waals surface area contributed by atoms with Crippen molar-refractivity contribution >= 4 is 16.9 Å². The first-order valence-corrected chi connectivity index (χ1v) is 8.17. The molecule has 5 nitrogen and oxygen atoms in total. The van der Waals surface area contributed by atoms with Gasteiger partial charge in [0.25, 0.3) is 0 Å². The second kappa shape index (κ2) is 6.66. The molecule has 1 aromatic heterocycles. The highest BCUT2D eigenvalue weighted by atomic mass is 19.1. The molecule has 0 saturated carbocycles. The molecular weight excluding hydrogens is 295 g/mol. The Labute approximate surface area is 135 Å². The van der Waals surface area contributed by atoms with Crippen molar-refractivity contribution in [2.45, 2.75) is 44.9 Å². The number of aromatic nitrogens is 2. The number of carbonyl (C=O) groups excluding carboxylic acids is 1. The van der Waals surface area contributed by atoms with Crippen LogP contribution in [0.2, 0.25) is 0 Å². The number of benzene rings is 1. The molecule has 3 rings (SSSR count). The standard InChI is InChI=1S/C17H23FN4O/c1-11(2)22-15-6-4-3-5-13(15)21-16(22)7-8-19-17(23)14-9-12(18)10-20-14/h3-6,11-12,14,20H,7-10H2,1-2H3,(H,19,23)/t12-,14+/m0/s1. The van der Waals surface area contributed by atoms with E-state index in [1.165, 1.54) is 0 Å². The Bertz CT molecular complexity index is 697. The maximum atomic E-state index is 13.1. The molecule has 1 aliphatic rings. The van der Waals surface area contributed by atoms with Crippen LogP contribution in [0.1, 0.15) is 32.1 Å². The minimum Gasteiger partial charge on any atom is -0.354 e. The van der Waals surface area contributed by atoms with Crippen molar-refractivity contribution in [1.29, 1.82) is 0 Å². The Morgan fingerprint density at radius 1 is 1.48 bits per heavy atom. The highest BCUT2D eigenvalue weighted by Crippen LogP contribution is 2.21. The predicted octanol–water partition coefficient (Wildman–Crippen LogP) is 1.98. The molecule has 0 unspecified atom stereocenters. The third-order valence-corrected chi connectivity index (χ3v) is 4.23. The van der Waals surface area contributed by atoms with Gasteiger partial charge < -0.3 is 15.2 Å². The van der Waals surface area contributed by atoms with Crippen molar-refractivity contribution < 1.29 is 9.18 Å². The molecule has 1 amide bonds. The van der Waals surface area contributed by atoms with Gasteiger partial charge in [-0.2, -0.15) is 0 Å². The van der Waals surface area contributed by atoms with E-state index >= 15 is 0 Å². The molecule has 0 aliphatic carbocycles. The number of carbonyl (C=O) groups is 1. The molecule has 23 heavy (non-hydrogen) atoms. The van der Waals surface area contributed by atoms with Crippen LogP contribution in [0.3, 0.4) is 0 Å². The van der Waals surface area contributed by atoms with Gasteiger partial charge in [-0.25, -0.2) is 9.37 Å². The number of fused-ring (bicyclic) bond motifs is 1. The molecular formula is C17H23FN4O. The molecule has 1 saturated heterocycles. The van der Waals surface area contributed by atoms with E-state index in [1.807, 2.05) is 18.2 Å². The maximum absolute atomic E-state index is 13.1. The lowest BCUT2D eigenvalue weighted by Gasteiger charge is -2.14. The van der Waals surface area contributed by atoms with E-state index in [0.717, 1.165) is 16.9 Å². The largest absolute Gasteiger partial charge is 0.354 e. The summed E-state index contributed by atoms with van der Waals surface area (Å²) in [5.74, 6) is 0.835. The second-order valence-corrected chi connectivity index (χ2v) is 6.32. The number of imidazole rings is 1. The number of hydrogen-bond acceptors (Lipinski definition) is 3. The van der Waals surface area contributed by atoms with E-state index < -0.39 is 12.2 Å². The van der Waals surface area contributed by atoms with E-state index in [-0.39, 0.29) is 18.9 Å². The van der Waals surface area contributed by atoms with Crippen LogP contribution in [0.15, 0.2) is 24.3 Å². The van der Waals surface area contributed by atoms with Crippen LogP contribution in [0, 0.1) is 0 Å². The van der Waals surface area contributed by atoms with Gasteiger partial charge in [-0.3, -0.25) is 4.79 Å². The monoisotopic (exact) mass is 318 g/mol. The molecule has 2 N–H and O–H groups in total. The van der Waals surface area contributed by atoms with Crippen LogP contribution in [-0.4, -0.2) is 40.8 Å². The molecule has 1 aromatic carbocycles.